The third-order valence-electron chi connectivity index (χ3n) is 6.25. The van der Waals surface area contributed by atoms with E-state index in [9.17, 15) is 13.6 Å². The van der Waals surface area contributed by atoms with Crippen LogP contribution in [0.25, 0.3) is 16.6 Å². The molecule has 4 aromatic rings. The van der Waals surface area contributed by atoms with Crippen LogP contribution in [-0.2, 0) is 13.0 Å². The van der Waals surface area contributed by atoms with Gasteiger partial charge in [0.25, 0.3) is 5.91 Å². The zero-order chi connectivity index (χ0) is 24.0. The number of nitrogens with zero attached hydrogens (tertiary/aromatic N) is 2. The molecule has 0 saturated carbocycles. The molecule has 1 aliphatic heterocycles. The van der Waals surface area contributed by atoms with E-state index in [0.717, 1.165) is 23.3 Å². The molecule has 0 aliphatic carbocycles. The van der Waals surface area contributed by atoms with E-state index < -0.39 is 11.6 Å². The summed E-state index contributed by atoms with van der Waals surface area (Å²) in [5.74, 6) is -0.756. The Bertz CT molecular complexity index is 1410. The van der Waals surface area contributed by atoms with Crippen LogP contribution in [0.1, 0.15) is 52.6 Å². The molecule has 34 heavy (non-hydrogen) atoms. The lowest BCUT2D eigenvalue weighted by Crippen LogP contribution is -2.25. The van der Waals surface area contributed by atoms with Crippen molar-refractivity contribution >= 4 is 11.4 Å². The van der Waals surface area contributed by atoms with Crippen LogP contribution in [0.5, 0.6) is 5.75 Å². The SMILES string of the molecule is Cc1nn2c(C(C)C)c(C(=O)NCc3cccc4c3OCC4)ccc2c1-c1c(F)cccc1F. The standard InChI is InChI=1S/C27H25F2N3O2/c1-15(2)25-19(27(33)30-14-18-7-4-6-17-12-13-34-26(17)18)10-11-22-23(16(3)31-32(22)25)24-20(28)8-5-9-21(24)29/h4-11,15H,12-14H2,1-3H3,(H,30,33). The fraction of sp³-hybridized carbons (Fsp3) is 0.259. The smallest absolute Gasteiger partial charge is 0.253 e. The van der Waals surface area contributed by atoms with Gasteiger partial charge in [0.15, 0.2) is 0 Å². The number of halogens is 2. The number of rotatable bonds is 5. The highest BCUT2D eigenvalue weighted by Gasteiger charge is 2.24. The number of benzene rings is 2. The van der Waals surface area contributed by atoms with Crippen molar-refractivity contribution in [2.75, 3.05) is 6.61 Å². The van der Waals surface area contributed by atoms with Crippen LogP contribution in [0.4, 0.5) is 8.78 Å². The molecule has 2 aromatic carbocycles. The summed E-state index contributed by atoms with van der Waals surface area (Å²) in [4.78, 5) is 13.2. The number of amides is 1. The lowest BCUT2D eigenvalue weighted by molar-refractivity contribution is 0.0948. The van der Waals surface area contributed by atoms with Gasteiger partial charge in [-0.3, -0.25) is 4.79 Å². The fourth-order valence-corrected chi connectivity index (χ4v) is 4.73. The highest BCUT2D eigenvalue weighted by atomic mass is 19.1. The Balaban J connectivity index is 1.54. The molecule has 0 radical (unpaired) electrons. The van der Waals surface area contributed by atoms with E-state index in [-0.39, 0.29) is 17.4 Å². The van der Waals surface area contributed by atoms with Crippen molar-refractivity contribution in [3.8, 4) is 16.9 Å². The molecule has 0 spiro atoms. The van der Waals surface area contributed by atoms with Crippen molar-refractivity contribution in [2.45, 2.75) is 39.7 Å². The first-order chi connectivity index (χ1) is 16.4. The molecule has 3 heterocycles. The van der Waals surface area contributed by atoms with Gasteiger partial charge < -0.3 is 10.1 Å². The van der Waals surface area contributed by atoms with Crippen molar-refractivity contribution in [1.29, 1.82) is 0 Å². The maximum atomic E-state index is 14.6. The Labute approximate surface area is 196 Å². The molecule has 0 bridgehead atoms. The van der Waals surface area contributed by atoms with Crippen molar-refractivity contribution in [1.82, 2.24) is 14.9 Å². The van der Waals surface area contributed by atoms with E-state index in [2.05, 4.69) is 10.4 Å². The third-order valence-corrected chi connectivity index (χ3v) is 6.25. The summed E-state index contributed by atoms with van der Waals surface area (Å²) in [6, 6.07) is 13.2. The van der Waals surface area contributed by atoms with Gasteiger partial charge in [0.1, 0.15) is 17.4 Å². The molecule has 5 rings (SSSR count). The molecule has 0 atom stereocenters. The van der Waals surface area contributed by atoms with E-state index in [1.54, 1.807) is 23.6 Å². The maximum absolute atomic E-state index is 14.6. The summed E-state index contributed by atoms with van der Waals surface area (Å²) >= 11 is 0. The molecule has 0 unspecified atom stereocenters. The largest absolute Gasteiger partial charge is 0.493 e. The van der Waals surface area contributed by atoms with Crippen molar-refractivity contribution < 1.29 is 18.3 Å². The van der Waals surface area contributed by atoms with Crippen molar-refractivity contribution in [3.63, 3.8) is 0 Å². The zero-order valence-corrected chi connectivity index (χ0v) is 19.3. The van der Waals surface area contributed by atoms with Crippen LogP contribution in [0.15, 0.2) is 48.5 Å². The van der Waals surface area contributed by atoms with Crippen molar-refractivity contribution in [2.24, 2.45) is 0 Å². The summed E-state index contributed by atoms with van der Waals surface area (Å²) < 4.78 is 36.6. The minimum Gasteiger partial charge on any atom is -0.493 e. The normalized spacial score (nSPS) is 12.8. The van der Waals surface area contributed by atoms with Crippen LogP contribution in [0.3, 0.4) is 0 Å². The number of para-hydroxylation sites is 1. The van der Waals surface area contributed by atoms with Gasteiger partial charge in [-0.15, -0.1) is 0 Å². The molecule has 2 aromatic heterocycles. The number of hydrogen-bond acceptors (Lipinski definition) is 3. The minimum atomic E-state index is -0.650. The average Bonchev–Trinajstić information content (AvgIpc) is 3.41. The molecule has 1 amide bonds. The Morgan fingerprint density at radius 2 is 1.82 bits per heavy atom. The first-order valence-electron chi connectivity index (χ1n) is 11.3. The summed E-state index contributed by atoms with van der Waals surface area (Å²) in [6.07, 6.45) is 0.870. The van der Waals surface area contributed by atoms with Gasteiger partial charge in [0.2, 0.25) is 0 Å². The van der Waals surface area contributed by atoms with E-state index in [4.69, 9.17) is 4.74 Å². The van der Waals surface area contributed by atoms with Crippen LogP contribution in [-0.4, -0.2) is 22.1 Å². The summed E-state index contributed by atoms with van der Waals surface area (Å²) in [6.45, 7) is 6.63. The number of aryl methyl sites for hydroxylation is 1. The lowest BCUT2D eigenvalue weighted by atomic mass is 9.99. The number of ether oxygens (including phenoxy) is 1. The Hall–Kier alpha value is -3.74. The minimum absolute atomic E-state index is 0.0635. The maximum Gasteiger partial charge on any atom is 0.253 e. The first kappa shape index (κ1) is 22.1. The highest BCUT2D eigenvalue weighted by molar-refractivity contribution is 5.96. The first-order valence-corrected chi connectivity index (χ1v) is 11.3. The fourth-order valence-electron chi connectivity index (χ4n) is 4.73. The molecule has 0 fully saturated rings. The van der Waals surface area contributed by atoms with E-state index in [1.807, 2.05) is 32.0 Å². The van der Waals surface area contributed by atoms with Gasteiger partial charge in [-0.25, -0.2) is 13.3 Å². The lowest BCUT2D eigenvalue weighted by Gasteiger charge is -2.16. The topological polar surface area (TPSA) is 55.6 Å². The molecular formula is C27H25F2N3O2. The van der Waals surface area contributed by atoms with Gasteiger partial charge in [0, 0.05) is 24.1 Å². The Kier molecular flexibility index (Phi) is 5.55. The molecule has 174 valence electrons. The quantitative estimate of drug-likeness (QED) is 0.422. The predicted molar refractivity (Wildman–Crippen MR) is 126 cm³/mol. The number of carbonyl (C=O) groups is 1. The number of carbonyl (C=O) groups excluding carboxylic acids is 1. The van der Waals surface area contributed by atoms with E-state index >= 15 is 0 Å². The van der Waals surface area contributed by atoms with E-state index in [1.165, 1.54) is 18.2 Å². The second-order valence-corrected chi connectivity index (χ2v) is 8.83. The van der Waals surface area contributed by atoms with Gasteiger partial charge in [-0.1, -0.05) is 38.1 Å². The van der Waals surface area contributed by atoms with Crippen LogP contribution < -0.4 is 10.1 Å². The monoisotopic (exact) mass is 461 g/mol. The second kappa shape index (κ2) is 8.56. The van der Waals surface area contributed by atoms with Crippen LogP contribution in [0.2, 0.25) is 0 Å². The van der Waals surface area contributed by atoms with Gasteiger partial charge in [-0.05, 0) is 42.7 Å². The van der Waals surface area contributed by atoms with Gasteiger partial charge in [-0.2, -0.15) is 5.10 Å². The summed E-state index contributed by atoms with van der Waals surface area (Å²) in [5.41, 5.74) is 4.55. The Morgan fingerprint density at radius 3 is 2.56 bits per heavy atom. The molecular weight excluding hydrogens is 436 g/mol. The molecule has 7 heteroatoms. The second-order valence-electron chi connectivity index (χ2n) is 8.83. The molecule has 1 N–H and O–H groups in total. The van der Waals surface area contributed by atoms with E-state index in [0.29, 0.717) is 41.2 Å². The number of pyridine rings is 1. The summed E-state index contributed by atoms with van der Waals surface area (Å²) in [7, 11) is 0. The molecule has 1 aliphatic rings. The van der Waals surface area contributed by atoms with Crippen LogP contribution in [0, 0.1) is 18.6 Å². The average molecular weight is 462 g/mol. The Morgan fingerprint density at radius 1 is 1.09 bits per heavy atom. The predicted octanol–water partition coefficient (Wildman–Crippen LogP) is 5.58. The molecule has 5 nitrogen and oxygen atoms in total. The summed E-state index contributed by atoms with van der Waals surface area (Å²) in [5, 5.41) is 7.58. The van der Waals surface area contributed by atoms with Crippen molar-refractivity contribution in [3.05, 3.63) is 88.2 Å². The van der Waals surface area contributed by atoms with Crippen LogP contribution >= 0.6 is 0 Å². The third kappa shape index (κ3) is 3.61. The zero-order valence-electron chi connectivity index (χ0n) is 19.3. The van der Waals surface area contributed by atoms with Gasteiger partial charge >= 0.3 is 0 Å². The number of hydrogen-bond donors (Lipinski definition) is 1. The number of nitrogens with one attached hydrogen (secondary N) is 1. The number of aromatic nitrogens is 2. The number of fused-ring (bicyclic) bond motifs is 2. The van der Waals surface area contributed by atoms with Gasteiger partial charge in [0.05, 0.1) is 34.6 Å². The highest BCUT2D eigenvalue weighted by Crippen LogP contribution is 2.35. The molecule has 0 saturated heterocycles.